The minimum Gasteiger partial charge on any atom is -0.458 e. The molecule has 248 valence electrons. The topological polar surface area (TPSA) is 145 Å². The Labute approximate surface area is 280 Å². The van der Waals surface area contributed by atoms with E-state index in [1.807, 2.05) is 6.92 Å². The van der Waals surface area contributed by atoms with Gasteiger partial charge < -0.3 is 19.1 Å². The van der Waals surface area contributed by atoms with Crippen LogP contribution in [0.25, 0.3) is 22.3 Å². The summed E-state index contributed by atoms with van der Waals surface area (Å²) in [6, 6.07) is 6.96. The van der Waals surface area contributed by atoms with E-state index in [0.717, 1.165) is 16.5 Å². The number of likely N-dealkylation sites (tertiary alicyclic amines) is 1. The first kappa shape index (κ1) is 33.7. The molecule has 0 saturated carbocycles. The zero-order valence-electron chi connectivity index (χ0n) is 26.2. The highest BCUT2D eigenvalue weighted by Crippen LogP contribution is 2.41. The van der Waals surface area contributed by atoms with Crippen molar-refractivity contribution in [2.75, 3.05) is 6.54 Å². The number of benzene rings is 1. The van der Waals surface area contributed by atoms with Gasteiger partial charge in [0, 0.05) is 40.6 Å². The first-order valence-electron chi connectivity index (χ1n) is 15.8. The summed E-state index contributed by atoms with van der Waals surface area (Å²) >= 11 is 1.45. The third-order valence-corrected chi connectivity index (χ3v) is 11.1. The summed E-state index contributed by atoms with van der Waals surface area (Å²) in [5, 5.41) is 11.6. The third kappa shape index (κ3) is 6.14. The molecule has 5 heterocycles. The molecule has 0 aliphatic carbocycles. The standard InChI is InChI=1S/C33H37N3O8P2S/c1-3-18-19-12-17(44-27(38)8-6-5-7-11-35-26(37)14-25(30(35)40)47-32(45)46)9-10-23(19)34-28-20(18)15-36-24(28)13-22-21(29(36)39)16-43-31(41)33(22,42)4-2/h9-10,12-13,25,32,42H,3-8,11,14-16,45-46H2,1-2H3/t25?,33-/m1/s1. The van der Waals surface area contributed by atoms with E-state index in [-0.39, 0.29) is 76.9 Å². The van der Waals surface area contributed by atoms with Crippen LogP contribution in [0.4, 0.5) is 0 Å². The van der Waals surface area contributed by atoms with Crippen LogP contribution in [0, 0.1) is 0 Å². The van der Waals surface area contributed by atoms with Gasteiger partial charge in [0.1, 0.15) is 12.4 Å². The van der Waals surface area contributed by atoms with Gasteiger partial charge in [0.15, 0.2) is 5.60 Å². The fraction of sp³-hybridized carbons (Fsp3) is 0.455. The summed E-state index contributed by atoms with van der Waals surface area (Å²) in [5.74, 6) is -1.03. The molecule has 3 aromatic rings. The molecule has 14 heteroatoms. The zero-order valence-corrected chi connectivity index (χ0v) is 29.4. The molecule has 0 bridgehead atoms. The molecule has 0 spiro atoms. The number of hydrogen-bond acceptors (Lipinski definition) is 10. The average molecular weight is 698 g/mol. The molecule has 1 fully saturated rings. The number of carbonyl (C=O) groups excluding carboxylic acids is 4. The monoisotopic (exact) mass is 697 g/mol. The first-order chi connectivity index (χ1) is 22.5. The molecule has 2 amide bonds. The van der Waals surface area contributed by atoms with E-state index < -0.39 is 11.6 Å². The molecule has 3 unspecified atom stereocenters. The molecule has 47 heavy (non-hydrogen) atoms. The number of cyclic esters (lactones) is 1. The minimum atomic E-state index is -1.89. The van der Waals surface area contributed by atoms with Crippen LogP contribution in [-0.4, -0.2) is 59.8 Å². The number of aliphatic hydroxyl groups is 1. The molecule has 2 aromatic heterocycles. The van der Waals surface area contributed by atoms with Crippen LogP contribution >= 0.6 is 30.2 Å². The lowest BCUT2D eigenvalue weighted by molar-refractivity contribution is -0.172. The van der Waals surface area contributed by atoms with Crippen LogP contribution in [0.15, 0.2) is 29.1 Å². The van der Waals surface area contributed by atoms with E-state index >= 15 is 0 Å². The molecule has 6 rings (SSSR count). The molecule has 3 aliphatic rings. The lowest BCUT2D eigenvalue weighted by atomic mass is 9.86. The van der Waals surface area contributed by atoms with Gasteiger partial charge in [-0.1, -0.05) is 20.3 Å². The number of fused-ring (bicyclic) bond motifs is 5. The number of aryl methyl sites for hydroxylation is 1. The number of amides is 2. The quantitative estimate of drug-likeness (QED) is 0.0803. The van der Waals surface area contributed by atoms with Crippen LogP contribution in [-0.2, 0) is 49.1 Å². The number of thioether (sulfide) groups is 1. The van der Waals surface area contributed by atoms with Gasteiger partial charge in [0.2, 0.25) is 11.8 Å². The Morgan fingerprint density at radius 2 is 1.94 bits per heavy atom. The van der Waals surface area contributed by atoms with Crippen molar-refractivity contribution in [3.8, 4) is 17.1 Å². The third-order valence-electron chi connectivity index (χ3n) is 9.15. The SMILES string of the molecule is CCc1c2c(nc3ccc(OC(=O)CCCCCN4C(=O)CC(SC(P)P)C4=O)cc13)-c1cc3c(c(=O)n1C2)COC(=O)[C@@]3(O)CC. The van der Waals surface area contributed by atoms with Crippen molar-refractivity contribution >= 4 is 64.9 Å². The van der Waals surface area contributed by atoms with Gasteiger partial charge in [-0.2, -0.15) is 0 Å². The predicted molar refractivity (Wildman–Crippen MR) is 184 cm³/mol. The molecule has 11 nitrogen and oxygen atoms in total. The second-order valence-corrected chi connectivity index (χ2v) is 16.6. The molecular formula is C33H37N3O8P2S. The molecule has 0 radical (unpaired) electrons. The predicted octanol–water partition coefficient (Wildman–Crippen LogP) is 4.00. The Bertz CT molecular complexity index is 1880. The zero-order chi connectivity index (χ0) is 33.6. The van der Waals surface area contributed by atoms with Crippen molar-refractivity contribution in [1.82, 2.24) is 14.5 Å². The average Bonchev–Trinajstić information content (AvgIpc) is 3.53. The largest absolute Gasteiger partial charge is 0.458 e. The number of imide groups is 1. The number of nitrogens with zero attached hydrogens (tertiary/aromatic N) is 3. The maximum absolute atomic E-state index is 13.6. The highest BCUT2D eigenvalue weighted by atomic mass is 32.2. The van der Waals surface area contributed by atoms with Gasteiger partial charge in [-0.15, -0.1) is 30.2 Å². The van der Waals surface area contributed by atoms with Crippen molar-refractivity contribution in [1.29, 1.82) is 0 Å². The maximum atomic E-state index is 13.6. The second-order valence-electron chi connectivity index (χ2n) is 12.0. The number of hydrogen-bond donors (Lipinski definition) is 1. The highest BCUT2D eigenvalue weighted by Gasteiger charge is 2.45. The van der Waals surface area contributed by atoms with Crippen LogP contribution < -0.4 is 10.3 Å². The molecule has 4 atom stereocenters. The smallest absolute Gasteiger partial charge is 0.343 e. The molecule has 1 N–H and O–H groups in total. The van der Waals surface area contributed by atoms with Crippen molar-refractivity contribution < 1.29 is 33.8 Å². The highest BCUT2D eigenvalue weighted by molar-refractivity contribution is 8.08. The molecular weight excluding hydrogens is 660 g/mol. The summed E-state index contributed by atoms with van der Waals surface area (Å²) in [6.07, 6.45) is 2.99. The number of unbranched alkanes of at least 4 members (excludes halogenated alkanes) is 2. The number of pyridine rings is 2. The Balaban J connectivity index is 1.13. The maximum Gasteiger partial charge on any atom is 0.343 e. The molecule has 3 aliphatic heterocycles. The van der Waals surface area contributed by atoms with E-state index in [2.05, 4.69) is 18.5 Å². The Kier molecular flexibility index (Phi) is 9.60. The van der Waals surface area contributed by atoms with Crippen molar-refractivity contribution in [3.63, 3.8) is 0 Å². The number of esters is 2. The van der Waals surface area contributed by atoms with Crippen LogP contribution in [0.1, 0.15) is 74.6 Å². The van der Waals surface area contributed by atoms with Crippen LogP contribution in [0.5, 0.6) is 5.75 Å². The van der Waals surface area contributed by atoms with E-state index in [1.54, 1.807) is 35.8 Å². The summed E-state index contributed by atoms with van der Waals surface area (Å²) in [5.41, 5.74) is 2.01. The summed E-state index contributed by atoms with van der Waals surface area (Å²) in [4.78, 5) is 69.8. The Morgan fingerprint density at radius 1 is 1.15 bits per heavy atom. The fourth-order valence-electron chi connectivity index (χ4n) is 6.69. The normalized spacial score (nSPS) is 20.1. The number of ether oxygens (including phenoxy) is 2. The van der Waals surface area contributed by atoms with E-state index in [9.17, 15) is 29.1 Å². The Hall–Kier alpha value is -3.17. The summed E-state index contributed by atoms with van der Waals surface area (Å²) in [6.45, 7) is 4.13. The number of aromatic nitrogens is 2. The summed E-state index contributed by atoms with van der Waals surface area (Å²) < 4.78 is 12.6. The van der Waals surface area contributed by atoms with Gasteiger partial charge in [-0.3, -0.25) is 24.1 Å². The van der Waals surface area contributed by atoms with E-state index in [4.69, 9.17) is 14.5 Å². The number of rotatable bonds is 11. The lowest BCUT2D eigenvalue weighted by Gasteiger charge is -2.31. The van der Waals surface area contributed by atoms with Gasteiger partial charge in [-0.05, 0) is 55.5 Å². The van der Waals surface area contributed by atoms with Gasteiger partial charge in [-0.25, -0.2) is 9.78 Å². The molecule has 1 aromatic carbocycles. The fourth-order valence-corrected chi connectivity index (χ4v) is 8.69. The van der Waals surface area contributed by atoms with Crippen LogP contribution in [0.3, 0.4) is 0 Å². The van der Waals surface area contributed by atoms with Crippen LogP contribution in [0.2, 0.25) is 0 Å². The van der Waals surface area contributed by atoms with Gasteiger partial charge in [0.25, 0.3) is 5.56 Å². The molecule has 1 saturated heterocycles. The first-order valence-corrected chi connectivity index (χ1v) is 18.1. The minimum absolute atomic E-state index is 0.0686. The Morgan fingerprint density at radius 3 is 2.66 bits per heavy atom. The van der Waals surface area contributed by atoms with Crippen molar-refractivity contribution in [2.24, 2.45) is 0 Å². The van der Waals surface area contributed by atoms with Crippen molar-refractivity contribution in [2.45, 2.75) is 87.5 Å². The van der Waals surface area contributed by atoms with E-state index in [1.165, 1.54) is 16.7 Å². The summed E-state index contributed by atoms with van der Waals surface area (Å²) in [7, 11) is 5.20. The number of carbonyl (C=O) groups is 4. The van der Waals surface area contributed by atoms with Gasteiger partial charge >= 0.3 is 11.9 Å². The second kappa shape index (κ2) is 13.4. The van der Waals surface area contributed by atoms with Gasteiger partial charge in [0.05, 0.1) is 34.3 Å². The lowest BCUT2D eigenvalue weighted by Crippen LogP contribution is -2.44. The van der Waals surface area contributed by atoms with Crippen molar-refractivity contribution in [3.05, 3.63) is 56.9 Å². The van der Waals surface area contributed by atoms with E-state index in [0.29, 0.717) is 54.9 Å².